The third-order valence-corrected chi connectivity index (χ3v) is 4.40. The summed E-state index contributed by atoms with van der Waals surface area (Å²) in [4.78, 5) is 19.2. The zero-order chi connectivity index (χ0) is 17.5. The molecule has 1 aromatic carbocycles. The summed E-state index contributed by atoms with van der Waals surface area (Å²) in [5.41, 5.74) is 2.47. The molecule has 6 heteroatoms. The predicted octanol–water partition coefficient (Wildman–Crippen LogP) is 1.93. The van der Waals surface area contributed by atoms with E-state index in [1.807, 2.05) is 6.07 Å². The Morgan fingerprint density at radius 1 is 1.24 bits per heavy atom. The van der Waals surface area contributed by atoms with Gasteiger partial charge >= 0.3 is 0 Å². The Morgan fingerprint density at radius 3 is 2.84 bits per heavy atom. The summed E-state index contributed by atoms with van der Waals surface area (Å²) >= 11 is 0. The number of rotatable bonds is 8. The molecule has 1 aliphatic carbocycles. The Kier molecular flexibility index (Phi) is 5.93. The smallest absolute Gasteiger partial charge is 0.220 e. The van der Waals surface area contributed by atoms with Crippen LogP contribution in [0.15, 0.2) is 35.5 Å². The Hall–Kier alpha value is -2.50. The van der Waals surface area contributed by atoms with E-state index >= 15 is 0 Å². The highest BCUT2D eigenvalue weighted by Gasteiger charge is 2.22. The van der Waals surface area contributed by atoms with Gasteiger partial charge in [-0.25, -0.2) is 0 Å². The van der Waals surface area contributed by atoms with Gasteiger partial charge in [0.05, 0.1) is 0 Å². The molecule has 0 saturated heterocycles. The van der Waals surface area contributed by atoms with E-state index in [1.54, 1.807) is 7.05 Å². The lowest BCUT2D eigenvalue weighted by molar-refractivity contribution is -0.121. The molecule has 25 heavy (non-hydrogen) atoms. The van der Waals surface area contributed by atoms with Crippen LogP contribution >= 0.6 is 0 Å². The first-order valence-corrected chi connectivity index (χ1v) is 9.05. The highest BCUT2D eigenvalue weighted by atomic mass is 16.1. The quantitative estimate of drug-likeness (QED) is 0.336. The number of nitrogens with zero attached hydrogens (tertiary/aromatic N) is 1. The molecule has 1 aliphatic rings. The number of nitrogens with one attached hydrogen (secondary N) is 4. The number of aromatic amines is 1. The molecule has 1 saturated carbocycles. The third kappa shape index (κ3) is 5.24. The maximum absolute atomic E-state index is 11.6. The van der Waals surface area contributed by atoms with Crippen molar-refractivity contribution in [2.45, 2.75) is 38.1 Å². The molecular weight excluding hydrogens is 314 g/mol. The minimum Gasteiger partial charge on any atom is -0.361 e. The fourth-order valence-electron chi connectivity index (χ4n) is 2.86. The van der Waals surface area contributed by atoms with Crippen molar-refractivity contribution in [3.05, 3.63) is 36.0 Å². The summed E-state index contributed by atoms with van der Waals surface area (Å²) in [7, 11) is 1.76. The normalized spacial score (nSPS) is 14.5. The lowest BCUT2D eigenvalue weighted by Gasteiger charge is -2.11. The number of aromatic nitrogens is 1. The van der Waals surface area contributed by atoms with Gasteiger partial charge in [-0.2, -0.15) is 0 Å². The van der Waals surface area contributed by atoms with Gasteiger partial charge in [-0.05, 0) is 37.3 Å². The molecule has 4 N–H and O–H groups in total. The summed E-state index contributed by atoms with van der Waals surface area (Å²) in [6.45, 7) is 1.55. The second-order valence-electron chi connectivity index (χ2n) is 6.48. The highest BCUT2D eigenvalue weighted by molar-refractivity contribution is 5.83. The lowest BCUT2D eigenvalue weighted by atomic mass is 10.1. The number of carbonyl (C=O) groups excluding carboxylic acids is 1. The number of hydrogen-bond donors (Lipinski definition) is 4. The van der Waals surface area contributed by atoms with Crippen LogP contribution < -0.4 is 16.0 Å². The van der Waals surface area contributed by atoms with Crippen LogP contribution in [0.25, 0.3) is 10.9 Å². The molecule has 134 valence electrons. The number of benzene rings is 1. The molecule has 0 bridgehead atoms. The van der Waals surface area contributed by atoms with E-state index in [0.717, 1.165) is 44.7 Å². The van der Waals surface area contributed by atoms with Crippen molar-refractivity contribution >= 4 is 22.8 Å². The van der Waals surface area contributed by atoms with Crippen LogP contribution in [0.4, 0.5) is 0 Å². The highest BCUT2D eigenvalue weighted by Crippen LogP contribution is 2.19. The minimum absolute atomic E-state index is 0.159. The first-order valence-electron chi connectivity index (χ1n) is 9.05. The number of hydrogen-bond acceptors (Lipinski definition) is 2. The van der Waals surface area contributed by atoms with E-state index in [9.17, 15) is 4.79 Å². The maximum Gasteiger partial charge on any atom is 0.220 e. The molecule has 0 spiro atoms. The fourth-order valence-corrected chi connectivity index (χ4v) is 2.86. The van der Waals surface area contributed by atoms with Gasteiger partial charge in [0.15, 0.2) is 5.96 Å². The Balaban J connectivity index is 1.34. The van der Waals surface area contributed by atoms with Crippen LogP contribution in [0.3, 0.4) is 0 Å². The summed E-state index contributed by atoms with van der Waals surface area (Å²) < 4.78 is 0. The van der Waals surface area contributed by atoms with Crippen molar-refractivity contribution in [3.63, 3.8) is 0 Å². The molecule has 0 aliphatic heterocycles. The third-order valence-electron chi connectivity index (χ3n) is 4.40. The van der Waals surface area contributed by atoms with E-state index in [1.165, 1.54) is 16.5 Å². The van der Waals surface area contributed by atoms with Gasteiger partial charge < -0.3 is 20.9 Å². The Bertz CT molecular complexity index is 732. The molecule has 0 unspecified atom stereocenters. The molecule has 3 rings (SSSR count). The van der Waals surface area contributed by atoms with E-state index in [-0.39, 0.29) is 5.91 Å². The topological polar surface area (TPSA) is 81.3 Å². The Morgan fingerprint density at radius 2 is 2.04 bits per heavy atom. The zero-order valence-corrected chi connectivity index (χ0v) is 14.8. The number of carbonyl (C=O) groups is 1. The van der Waals surface area contributed by atoms with Crippen LogP contribution in [0.2, 0.25) is 0 Å². The second kappa shape index (κ2) is 8.55. The van der Waals surface area contributed by atoms with Gasteiger partial charge in [0.2, 0.25) is 5.91 Å². The van der Waals surface area contributed by atoms with Crippen LogP contribution in [0.1, 0.15) is 31.2 Å². The van der Waals surface area contributed by atoms with Crippen LogP contribution in [0.5, 0.6) is 0 Å². The first kappa shape index (κ1) is 17.3. The molecule has 1 fully saturated rings. The van der Waals surface area contributed by atoms with Gasteiger partial charge in [0.25, 0.3) is 0 Å². The molecule has 1 amide bonds. The summed E-state index contributed by atoms with van der Waals surface area (Å²) in [5.74, 6) is 0.939. The first-order chi connectivity index (χ1) is 12.3. The number of amides is 1. The maximum atomic E-state index is 11.6. The second-order valence-corrected chi connectivity index (χ2v) is 6.48. The standard InChI is InChI=1S/C19H27N5O/c1-20-19(21-11-4-7-18(25)24-15-8-9-15)22-12-10-14-13-23-17-6-3-2-5-16(14)17/h2-3,5-6,13,15,23H,4,7-12H2,1H3,(H,24,25)(H2,20,21,22). The number of guanidine groups is 1. The van der Waals surface area contributed by atoms with Crippen molar-refractivity contribution in [2.75, 3.05) is 20.1 Å². The van der Waals surface area contributed by atoms with Crippen molar-refractivity contribution in [1.82, 2.24) is 20.9 Å². The SMILES string of the molecule is CN=C(NCCCC(=O)NC1CC1)NCCc1c[nH]c2ccccc12. The predicted molar refractivity (Wildman–Crippen MR) is 102 cm³/mol. The van der Waals surface area contributed by atoms with Crippen LogP contribution in [-0.2, 0) is 11.2 Å². The number of para-hydroxylation sites is 1. The van der Waals surface area contributed by atoms with Crippen molar-refractivity contribution in [2.24, 2.45) is 4.99 Å². The van der Waals surface area contributed by atoms with E-state index in [2.05, 4.69) is 50.3 Å². The van der Waals surface area contributed by atoms with Crippen LogP contribution in [-0.4, -0.2) is 43.0 Å². The number of H-pyrrole nitrogens is 1. The molecule has 1 heterocycles. The Labute approximate surface area is 148 Å². The average molecular weight is 341 g/mol. The number of fused-ring (bicyclic) bond motifs is 1. The largest absolute Gasteiger partial charge is 0.361 e. The van der Waals surface area contributed by atoms with Gasteiger partial charge in [-0.3, -0.25) is 9.79 Å². The molecule has 0 atom stereocenters. The van der Waals surface area contributed by atoms with Gasteiger partial charge in [0, 0.05) is 49.7 Å². The summed E-state index contributed by atoms with van der Waals surface area (Å²) in [6, 6.07) is 8.77. The molecular formula is C19H27N5O. The van der Waals surface area contributed by atoms with Crippen molar-refractivity contribution in [3.8, 4) is 0 Å². The van der Waals surface area contributed by atoms with Gasteiger partial charge in [-0.15, -0.1) is 0 Å². The number of aliphatic imine (C=N–C) groups is 1. The summed E-state index contributed by atoms with van der Waals surface area (Å²) in [6.07, 6.45) is 6.64. The monoisotopic (exact) mass is 341 g/mol. The van der Waals surface area contributed by atoms with Gasteiger partial charge in [-0.1, -0.05) is 18.2 Å². The average Bonchev–Trinajstić information content (AvgIpc) is 3.35. The molecule has 6 nitrogen and oxygen atoms in total. The zero-order valence-electron chi connectivity index (χ0n) is 14.8. The summed E-state index contributed by atoms with van der Waals surface area (Å²) in [5, 5.41) is 10.9. The lowest BCUT2D eigenvalue weighted by Crippen LogP contribution is -2.39. The van der Waals surface area contributed by atoms with Gasteiger partial charge in [0.1, 0.15) is 0 Å². The van der Waals surface area contributed by atoms with Crippen LogP contribution in [0, 0.1) is 0 Å². The molecule has 0 radical (unpaired) electrons. The van der Waals surface area contributed by atoms with E-state index in [4.69, 9.17) is 0 Å². The molecule has 2 aromatic rings. The van der Waals surface area contributed by atoms with E-state index in [0.29, 0.717) is 12.5 Å². The molecule has 1 aromatic heterocycles. The van der Waals surface area contributed by atoms with Crippen molar-refractivity contribution < 1.29 is 4.79 Å². The van der Waals surface area contributed by atoms with Crippen molar-refractivity contribution in [1.29, 1.82) is 0 Å². The fraction of sp³-hybridized carbons (Fsp3) is 0.474. The van der Waals surface area contributed by atoms with E-state index < -0.39 is 0 Å². The minimum atomic E-state index is 0.159.